The smallest absolute Gasteiger partial charge is 0.447 e. The van der Waals surface area contributed by atoms with Crippen LogP contribution in [-0.4, -0.2) is 22.5 Å². The maximum Gasteiger partial charge on any atom is 0.447 e. The third-order valence-electron chi connectivity index (χ3n) is 3.00. The van der Waals surface area contributed by atoms with Crippen LogP contribution in [0.15, 0.2) is 47.6 Å². The van der Waals surface area contributed by atoms with Gasteiger partial charge in [-0.05, 0) is 32.0 Å². The Kier molecular flexibility index (Phi) is 6.30. The molecular weight excluding hydrogens is 353 g/mol. The molecule has 2 rings (SSSR count). The number of nitrogens with one attached hydrogen (secondary N) is 1. The van der Waals surface area contributed by atoms with Crippen LogP contribution in [0.25, 0.3) is 0 Å². The summed E-state index contributed by atoms with van der Waals surface area (Å²) in [5.41, 5.74) is -3.90. The highest BCUT2D eigenvalue weighted by Crippen LogP contribution is 2.37. The van der Waals surface area contributed by atoms with Gasteiger partial charge >= 0.3 is 5.51 Å². The fourth-order valence-electron chi connectivity index (χ4n) is 2.04. The van der Waals surface area contributed by atoms with Crippen LogP contribution in [0, 0.1) is 0 Å². The Bertz CT molecular complexity index is 736. The molecule has 1 aromatic carbocycles. The lowest BCUT2D eigenvalue weighted by atomic mass is 10.2. The van der Waals surface area contributed by atoms with Crippen LogP contribution < -0.4 is 10.1 Å². The molecule has 25 heavy (non-hydrogen) atoms. The van der Waals surface area contributed by atoms with Crippen LogP contribution in [0.4, 0.5) is 13.2 Å². The number of benzene rings is 1. The van der Waals surface area contributed by atoms with Crippen molar-refractivity contribution in [2.75, 3.05) is 0 Å². The van der Waals surface area contributed by atoms with E-state index < -0.39 is 23.2 Å². The molecule has 1 aromatic heterocycles. The van der Waals surface area contributed by atoms with Crippen molar-refractivity contribution < 1.29 is 22.7 Å². The van der Waals surface area contributed by atoms with E-state index in [1.165, 1.54) is 18.3 Å². The van der Waals surface area contributed by atoms with Crippen LogP contribution >= 0.6 is 11.8 Å². The first-order chi connectivity index (χ1) is 11.8. The molecule has 134 valence electrons. The Hall–Kier alpha value is -2.22. The van der Waals surface area contributed by atoms with E-state index in [1.54, 1.807) is 18.2 Å². The van der Waals surface area contributed by atoms with E-state index in [4.69, 9.17) is 4.74 Å². The van der Waals surface area contributed by atoms with Gasteiger partial charge in [0.05, 0.1) is 11.7 Å². The first-order valence-electron chi connectivity index (χ1n) is 7.50. The topological polar surface area (TPSA) is 51.2 Å². The van der Waals surface area contributed by atoms with E-state index >= 15 is 0 Å². The highest BCUT2D eigenvalue weighted by molar-refractivity contribution is 8.00. The lowest BCUT2D eigenvalue weighted by Crippen LogP contribution is -2.24. The average molecular weight is 370 g/mol. The number of halogens is 3. The zero-order valence-electron chi connectivity index (χ0n) is 13.6. The minimum Gasteiger partial charge on any atom is -0.491 e. The van der Waals surface area contributed by atoms with Gasteiger partial charge < -0.3 is 10.1 Å². The standard InChI is InChI=1S/C17H17F3N2O2S/c1-11(2)24-14-8-4-3-6-12(14)10-22-15(23)13-7-5-9-21-16(13)25-17(18,19)20/h3-9,11H,10H2,1-2H3,(H,22,23). The van der Waals surface area contributed by atoms with Crippen LogP contribution in [0.3, 0.4) is 0 Å². The van der Waals surface area contributed by atoms with E-state index in [0.717, 1.165) is 5.56 Å². The van der Waals surface area contributed by atoms with Crippen molar-refractivity contribution in [1.29, 1.82) is 0 Å². The number of hydrogen-bond acceptors (Lipinski definition) is 4. The molecule has 0 aliphatic heterocycles. The molecule has 0 saturated heterocycles. The van der Waals surface area contributed by atoms with E-state index in [9.17, 15) is 18.0 Å². The molecule has 1 heterocycles. The summed E-state index contributed by atoms with van der Waals surface area (Å²) in [7, 11) is 0. The van der Waals surface area contributed by atoms with Gasteiger partial charge in [0, 0.05) is 30.1 Å². The maximum atomic E-state index is 12.6. The number of pyridine rings is 1. The number of para-hydroxylation sites is 1. The summed E-state index contributed by atoms with van der Waals surface area (Å²) >= 11 is -0.408. The van der Waals surface area contributed by atoms with Gasteiger partial charge in [-0.1, -0.05) is 18.2 Å². The number of thioether (sulfide) groups is 1. The molecule has 0 unspecified atom stereocenters. The Morgan fingerprint density at radius 1 is 1.24 bits per heavy atom. The highest BCUT2D eigenvalue weighted by atomic mass is 32.2. The number of rotatable bonds is 6. The fourth-order valence-corrected chi connectivity index (χ4v) is 2.65. The normalized spacial score (nSPS) is 11.4. The quantitative estimate of drug-likeness (QED) is 0.766. The van der Waals surface area contributed by atoms with Gasteiger partial charge in [-0.3, -0.25) is 4.79 Å². The molecule has 0 atom stereocenters. The molecule has 2 aromatic rings. The van der Waals surface area contributed by atoms with Gasteiger partial charge in [0.15, 0.2) is 0 Å². The number of hydrogen-bond donors (Lipinski definition) is 1. The minimum atomic E-state index is -4.51. The summed E-state index contributed by atoms with van der Waals surface area (Å²) in [5, 5.41) is 2.24. The van der Waals surface area contributed by atoms with Crippen molar-refractivity contribution in [3.8, 4) is 5.75 Å². The molecule has 0 radical (unpaired) electrons. The first-order valence-corrected chi connectivity index (χ1v) is 8.31. The predicted octanol–water partition coefficient (Wildman–Crippen LogP) is 4.41. The zero-order valence-corrected chi connectivity index (χ0v) is 14.4. The van der Waals surface area contributed by atoms with E-state index in [1.807, 2.05) is 19.9 Å². The fraction of sp³-hybridized carbons (Fsp3) is 0.294. The molecule has 0 bridgehead atoms. The number of carbonyl (C=O) groups is 1. The number of nitrogens with zero attached hydrogens (tertiary/aromatic N) is 1. The number of alkyl halides is 3. The number of aromatic nitrogens is 1. The van der Waals surface area contributed by atoms with Crippen molar-refractivity contribution >= 4 is 17.7 Å². The summed E-state index contributed by atoms with van der Waals surface area (Å²) in [6.07, 6.45) is 1.18. The molecule has 0 aliphatic carbocycles. The summed E-state index contributed by atoms with van der Waals surface area (Å²) in [6.45, 7) is 3.89. The first kappa shape index (κ1) is 19.1. The molecule has 4 nitrogen and oxygen atoms in total. The van der Waals surface area contributed by atoms with Crippen molar-refractivity contribution in [1.82, 2.24) is 10.3 Å². The van der Waals surface area contributed by atoms with Gasteiger partial charge in [0.1, 0.15) is 10.8 Å². The number of amides is 1. The Morgan fingerprint density at radius 3 is 2.64 bits per heavy atom. The van der Waals surface area contributed by atoms with Crippen LogP contribution in [0.2, 0.25) is 0 Å². The molecule has 0 aliphatic rings. The van der Waals surface area contributed by atoms with Crippen molar-refractivity contribution in [3.05, 3.63) is 53.7 Å². The Morgan fingerprint density at radius 2 is 1.96 bits per heavy atom. The molecular formula is C17H17F3N2O2S. The van der Waals surface area contributed by atoms with E-state index in [-0.39, 0.29) is 23.2 Å². The van der Waals surface area contributed by atoms with Crippen LogP contribution in [0.1, 0.15) is 29.8 Å². The molecule has 8 heteroatoms. The second-order valence-electron chi connectivity index (χ2n) is 5.36. The van der Waals surface area contributed by atoms with Crippen LogP contribution in [0.5, 0.6) is 5.75 Å². The second kappa shape index (κ2) is 8.24. The SMILES string of the molecule is CC(C)Oc1ccccc1CNC(=O)c1cccnc1SC(F)(F)F. The summed E-state index contributed by atoms with van der Waals surface area (Å²) < 4.78 is 43.4. The molecule has 0 spiro atoms. The van der Waals surface area contributed by atoms with Crippen molar-refractivity contribution in [2.24, 2.45) is 0 Å². The Labute approximate surface area is 147 Å². The van der Waals surface area contributed by atoms with E-state index in [0.29, 0.717) is 5.75 Å². The van der Waals surface area contributed by atoms with Gasteiger partial charge in [-0.15, -0.1) is 0 Å². The molecule has 1 N–H and O–H groups in total. The summed E-state index contributed by atoms with van der Waals surface area (Å²) in [6, 6.07) is 9.90. The lowest BCUT2D eigenvalue weighted by molar-refractivity contribution is -0.0329. The summed E-state index contributed by atoms with van der Waals surface area (Å²) in [4.78, 5) is 15.9. The van der Waals surface area contributed by atoms with Gasteiger partial charge in [-0.25, -0.2) is 4.98 Å². The van der Waals surface area contributed by atoms with Crippen molar-refractivity contribution in [2.45, 2.75) is 37.0 Å². The zero-order chi connectivity index (χ0) is 18.4. The summed E-state index contributed by atoms with van der Waals surface area (Å²) in [5.74, 6) is -0.00641. The third-order valence-corrected chi connectivity index (χ3v) is 3.75. The van der Waals surface area contributed by atoms with Gasteiger partial charge in [-0.2, -0.15) is 13.2 Å². The number of ether oxygens (including phenoxy) is 1. The van der Waals surface area contributed by atoms with Gasteiger partial charge in [0.2, 0.25) is 0 Å². The molecule has 0 saturated carbocycles. The minimum absolute atomic E-state index is 0.0371. The lowest BCUT2D eigenvalue weighted by Gasteiger charge is -2.15. The average Bonchev–Trinajstić information content (AvgIpc) is 2.52. The molecule has 1 amide bonds. The maximum absolute atomic E-state index is 12.6. The van der Waals surface area contributed by atoms with Gasteiger partial charge in [0.25, 0.3) is 5.91 Å². The van der Waals surface area contributed by atoms with Crippen molar-refractivity contribution in [3.63, 3.8) is 0 Å². The predicted molar refractivity (Wildman–Crippen MR) is 89.5 cm³/mol. The number of carbonyl (C=O) groups excluding carboxylic acids is 1. The molecule has 0 fully saturated rings. The second-order valence-corrected chi connectivity index (χ2v) is 6.41. The highest BCUT2D eigenvalue weighted by Gasteiger charge is 2.32. The Balaban J connectivity index is 2.12. The third kappa shape index (κ3) is 5.97. The monoisotopic (exact) mass is 370 g/mol. The van der Waals surface area contributed by atoms with E-state index in [2.05, 4.69) is 10.3 Å². The largest absolute Gasteiger partial charge is 0.491 e. The van der Waals surface area contributed by atoms with Crippen LogP contribution in [-0.2, 0) is 6.54 Å².